The number of fused-ring (bicyclic) bond motifs is 1. The number of hydrogen-bond acceptors (Lipinski definition) is 7. The topological polar surface area (TPSA) is 81.0 Å². The third-order valence-corrected chi connectivity index (χ3v) is 8.57. The first-order valence-electron chi connectivity index (χ1n) is 14.4. The highest BCUT2D eigenvalue weighted by atomic mass is 35.5. The van der Waals surface area contributed by atoms with Gasteiger partial charge in [-0.25, -0.2) is 19.0 Å². The average molecular weight is 584 g/mol. The fourth-order valence-electron chi connectivity index (χ4n) is 5.92. The predicted molar refractivity (Wildman–Crippen MR) is 162 cm³/mol. The fraction of sp³-hybridized carbons (Fsp3) is 0.312. The van der Waals surface area contributed by atoms with Crippen LogP contribution < -0.4 is 10.1 Å². The summed E-state index contributed by atoms with van der Waals surface area (Å²) in [7, 11) is 0. The largest absolute Gasteiger partial charge is 0.487 e. The van der Waals surface area contributed by atoms with Gasteiger partial charge in [0.1, 0.15) is 36.0 Å². The lowest BCUT2D eigenvalue weighted by atomic mass is 9.91. The van der Waals surface area contributed by atoms with Gasteiger partial charge in [0.15, 0.2) is 0 Å². The lowest BCUT2D eigenvalue weighted by molar-refractivity contribution is 0.0352. The van der Waals surface area contributed by atoms with E-state index in [4.69, 9.17) is 16.3 Å². The Hall–Kier alpha value is -4.08. The van der Waals surface area contributed by atoms with E-state index in [1.807, 2.05) is 35.1 Å². The van der Waals surface area contributed by atoms with Crippen LogP contribution in [0.2, 0.25) is 5.02 Å². The summed E-state index contributed by atoms with van der Waals surface area (Å²) >= 11 is 6.52. The minimum atomic E-state index is -0.300. The van der Waals surface area contributed by atoms with Gasteiger partial charge in [-0.05, 0) is 60.9 Å². The first-order chi connectivity index (χ1) is 20.6. The van der Waals surface area contributed by atoms with Crippen LogP contribution in [0.5, 0.6) is 5.75 Å². The van der Waals surface area contributed by atoms with Crippen molar-refractivity contribution in [2.45, 2.75) is 50.8 Å². The molecule has 3 aromatic carbocycles. The highest BCUT2D eigenvalue weighted by Gasteiger charge is 2.34. The zero-order valence-corrected chi connectivity index (χ0v) is 23.8. The second-order valence-corrected chi connectivity index (χ2v) is 11.5. The maximum absolute atomic E-state index is 13.5. The monoisotopic (exact) mass is 583 g/mol. The molecule has 10 heteroatoms. The molecule has 1 aliphatic carbocycles. The van der Waals surface area contributed by atoms with Crippen LogP contribution in [-0.2, 0) is 6.61 Å². The van der Waals surface area contributed by atoms with Crippen molar-refractivity contribution >= 4 is 34.0 Å². The fourth-order valence-corrected chi connectivity index (χ4v) is 6.16. The van der Waals surface area contributed by atoms with Gasteiger partial charge in [-0.2, -0.15) is 0 Å². The Balaban J connectivity index is 1.05. The summed E-state index contributed by atoms with van der Waals surface area (Å²) in [6.07, 6.45) is 10.3. The van der Waals surface area contributed by atoms with Gasteiger partial charge in [0, 0.05) is 35.8 Å². The normalized spacial score (nSPS) is 16.4. The van der Waals surface area contributed by atoms with Crippen molar-refractivity contribution in [2.75, 3.05) is 18.4 Å². The van der Waals surface area contributed by atoms with Crippen molar-refractivity contribution in [2.24, 2.45) is 0 Å². The van der Waals surface area contributed by atoms with Gasteiger partial charge in [0.2, 0.25) is 0 Å². The third kappa shape index (κ3) is 5.67. The van der Waals surface area contributed by atoms with Crippen LogP contribution in [0.25, 0.3) is 22.2 Å². The molecule has 2 aliphatic rings. The number of ether oxygens (including phenoxy) is 1. The molecule has 1 aliphatic heterocycles. The molecule has 0 spiro atoms. The van der Waals surface area contributed by atoms with Crippen molar-refractivity contribution in [1.29, 1.82) is 0 Å². The summed E-state index contributed by atoms with van der Waals surface area (Å²) in [6, 6.07) is 18.9. The first-order valence-corrected chi connectivity index (χ1v) is 14.8. The van der Waals surface area contributed by atoms with Crippen LogP contribution in [-0.4, -0.2) is 49.0 Å². The molecule has 0 unspecified atom stereocenters. The number of halogens is 2. The number of nitrogens with zero attached hydrogens (tertiary/aromatic N) is 6. The molecular formula is C32H31ClFN7O. The molecule has 8 nitrogen and oxygen atoms in total. The van der Waals surface area contributed by atoms with Crippen LogP contribution >= 0.6 is 11.6 Å². The van der Waals surface area contributed by atoms with E-state index in [1.54, 1.807) is 24.3 Å². The summed E-state index contributed by atoms with van der Waals surface area (Å²) in [4.78, 5) is 11.6. The minimum absolute atomic E-state index is 0.216. The summed E-state index contributed by atoms with van der Waals surface area (Å²) in [5.41, 5.74) is 4.07. The van der Waals surface area contributed by atoms with Gasteiger partial charge in [-0.1, -0.05) is 54.3 Å². The van der Waals surface area contributed by atoms with Gasteiger partial charge in [0.05, 0.1) is 22.8 Å². The highest BCUT2D eigenvalue weighted by molar-refractivity contribution is 6.32. The van der Waals surface area contributed by atoms with E-state index in [2.05, 4.69) is 30.5 Å². The number of aromatic nitrogens is 5. The molecule has 0 radical (unpaired) electrons. The predicted octanol–water partition coefficient (Wildman–Crippen LogP) is 7.19. The second kappa shape index (κ2) is 11.7. The van der Waals surface area contributed by atoms with Crippen LogP contribution in [0, 0.1) is 5.82 Å². The average Bonchev–Trinajstić information content (AvgIpc) is 3.46. The summed E-state index contributed by atoms with van der Waals surface area (Å²) < 4.78 is 21.3. The Bertz CT molecular complexity index is 1710. The number of rotatable bonds is 8. The Morgan fingerprint density at radius 1 is 0.952 bits per heavy atom. The molecular weight excluding hydrogens is 553 g/mol. The standard InChI is InChI=1S/C32H31ClFN7O/c33-28-15-24(10-12-31(28)42-19-21-5-4-6-23(34)13-21)37-32-27-14-22(9-11-29(27)35-20-36-32)30-18-41(39-38-30)26-16-40(17-26)25-7-2-1-3-8-25/h4-6,9-15,18,20,25-26H,1-3,7-8,16-17,19H2,(H,35,36,37). The summed E-state index contributed by atoms with van der Waals surface area (Å²) in [6.45, 7) is 2.31. The zero-order valence-electron chi connectivity index (χ0n) is 23.1. The molecule has 7 rings (SSSR count). The number of anilines is 2. The molecule has 2 fully saturated rings. The molecule has 1 saturated heterocycles. The van der Waals surface area contributed by atoms with Crippen molar-refractivity contribution < 1.29 is 9.13 Å². The maximum Gasteiger partial charge on any atom is 0.141 e. The van der Waals surface area contributed by atoms with Crippen molar-refractivity contribution in [3.63, 3.8) is 0 Å². The smallest absolute Gasteiger partial charge is 0.141 e. The third-order valence-electron chi connectivity index (χ3n) is 8.28. The van der Waals surface area contributed by atoms with Gasteiger partial charge >= 0.3 is 0 Å². The molecule has 214 valence electrons. The van der Waals surface area contributed by atoms with Gasteiger partial charge < -0.3 is 10.1 Å². The van der Waals surface area contributed by atoms with E-state index in [0.29, 0.717) is 22.6 Å². The van der Waals surface area contributed by atoms with Gasteiger partial charge in [-0.3, -0.25) is 4.90 Å². The zero-order chi connectivity index (χ0) is 28.5. The van der Waals surface area contributed by atoms with Crippen molar-refractivity contribution in [3.8, 4) is 17.0 Å². The SMILES string of the molecule is Fc1cccc(COc2ccc(Nc3ncnc4ccc(-c5cn(C6CN(C7CCCCC7)C6)nn5)cc34)cc2Cl)c1. The molecule has 1 N–H and O–H groups in total. The lowest BCUT2D eigenvalue weighted by Gasteiger charge is -2.45. The highest BCUT2D eigenvalue weighted by Crippen LogP contribution is 2.34. The molecule has 0 amide bonds. The molecule has 0 bridgehead atoms. The van der Waals surface area contributed by atoms with E-state index in [-0.39, 0.29) is 12.4 Å². The minimum Gasteiger partial charge on any atom is -0.487 e. The maximum atomic E-state index is 13.5. The number of likely N-dealkylation sites (tertiary alicyclic amines) is 1. The summed E-state index contributed by atoms with van der Waals surface area (Å²) in [5.74, 6) is 0.865. The van der Waals surface area contributed by atoms with E-state index in [0.717, 1.165) is 52.5 Å². The van der Waals surface area contributed by atoms with E-state index in [9.17, 15) is 4.39 Å². The number of benzene rings is 3. The van der Waals surface area contributed by atoms with Crippen LogP contribution in [0.1, 0.15) is 43.7 Å². The van der Waals surface area contributed by atoms with Crippen LogP contribution in [0.15, 0.2) is 73.2 Å². The first kappa shape index (κ1) is 26.8. The Kier molecular flexibility index (Phi) is 7.44. The lowest BCUT2D eigenvalue weighted by Crippen LogP contribution is -2.53. The number of nitrogens with one attached hydrogen (secondary N) is 1. The van der Waals surface area contributed by atoms with Gasteiger partial charge in [0.25, 0.3) is 0 Å². The molecule has 5 aromatic rings. The van der Waals surface area contributed by atoms with Crippen LogP contribution in [0.3, 0.4) is 0 Å². The van der Waals surface area contributed by atoms with E-state index >= 15 is 0 Å². The van der Waals surface area contributed by atoms with Gasteiger partial charge in [-0.15, -0.1) is 5.10 Å². The molecule has 1 saturated carbocycles. The Morgan fingerprint density at radius 2 is 1.83 bits per heavy atom. The van der Waals surface area contributed by atoms with Crippen molar-refractivity contribution in [3.05, 3.63) is 89.6 Å². The van der Waals surface area contributed by atoms with Crippen molar-refractivity contribution in [1.82, 2.24) is 29.9 Å². The molecule has 2 aromatic heterocycles. The second-order valence-electron chi connectivity index (χ2n) is 11.1. The quantitative estimate of drug-likeness (QED) is 0.207. The number of hydrogen-bond donors (Lipinski definition) is 1. The van der Waals surface area contributed by atoms with E-state index < -0.39 is 0 Å². The molecule has 0 atom stereocenters. The Labute approximate surface area is 248 Å². The molecule has 42 heavy (non-hydrogen) atoms. The molecule has 3 heterocycles. The summed E-state index contributed by atoms with van der Waals surface area (Å²) in [5, 5.41) is 13.6. The van der Waals surface area contributed by atoms with E-state index in [1.165, 1.54) is 50.6 Å². The van der Waals surface area contributed by atoms with Crippen LogP contribution in [0.4, 0.5) is 15.9 Å². The Morgan fingerprint density at radius 3 is 2.67 bits per heavy atom.